The maximum Gasteiger partial charge on any atom is 0.307 e. The minimum absolute atomic E-state index is 0.113. The minimum Gasteiger partial charge on any atom is -0.488 e. The molecule has 4 unspecified atom stereocenters. The number of carbonyl (C=O) groups is 1. The van der Waals surface area contributed by atoms with Crippen LogP contribution in [-0.4, -0.2) is 29.3 Å². The molecule has 2 heterocycles. The highest BCUT2D eigenvalue weighted by Crippen LogP contribution is 2.56. The van der Waals surface area contributed by atoms with E-state index in [9.17, 15) is 14.7 Å². The zero-order chi connectivity index (χ0) is 16.8. The van der Waals surface area contributed by atoms with E-state index in [1.807, 2.05) is 30.3 Å². The number of aromatic nitrogens is 1. The Morgan fingerprint density at radius 2 is 2.08 bits per heavy atom. The van der Waals surface area contributed by atoms with Gasteiger partial charge in [-0.1, -0.05) is 30.3 Å². The first-order valence-corrected chi connectivity index (χ1v) is 7.85. The number of hydrogen-bond donors (Lipinski definition) is 2. The van der Waals surface area contributed by atoms with E-state index in [4.69, 9.17) is 9.47 Å². The molecule has 6 heteroatoms. The van der Waals surface area contributed by atoms with Crippen LogP contribution in [0, 0.1) is 5.92 Å². The average Bonchev–Trinajstić information content (AvgIpc) is 3.10. The molecule has 1 aromatic carbocycles. The van der Waals surface area contributed by atoms with Crippen molar-refractivity contribution in [2.45, 2.75) is 24.4 Å². The lowest BCUT2D eigenvalue weighted by atomic mass is 9.87. The standard InChI is InChI=1S/C18H17NO5/c1-23-17-15-10-7-11(18(21)22)14(9-5-3-2-4-6-9)16(10)24-12(15)8-13(20)19-17/h2-6,8,10-11,14,16H,7H2,1H3,(H,19,20)(H,21,22). The highest BCUT2D eigenvalue weighted by Gasteiger charge is 2.54. The topological polar surface area (TPSA) is 88.6 Å². The third-order valence-electron chi connectivity index (χ3n) is 5.04. The van der Waals surface area contributed by atoms with Crippen LogP contribution in [-0.2, 0) is 4.79 Å². The van der Waals surface area contributed by atoms with Crippen molar-refractivity contribution in [1.29, 1.82) is 0 Å². The number of benzene rings is 1. The number of aromatic amines is 1. The minimum atomic E-state index is -0.827. The lowest BCUT2D eigenvalue weighted by Crippen LogP contribution is -2.26. The second kappa shape index (κ2) is 5.40. The Hall–Kier alpha value is -2.76. The fraction of sp³-hybridized carbons (Fsp3) is 0.333. The van der Waals surface area contributed by atoms with E-state index in [0.29, 0.717) is 18.1 Å². The van der Waals surface area contributed by atoms with Crippen LogP contribution in [0.15, 0.2) is 41.2 Å². The number of methoxy groups -OCH3 is 1. The molecule has 4 rings (SSSR count). The fourth-order valence-electron chi connectivity index (χ4n) is 4.10. The molecular weight excluding hydrogens is 310 g/mol. The Balaban J connectivity index is 1.82. The number of aliphatic carboxylic acids is 1. The molecule has 2 aliphatic rings. The van der Waals surface area contributed by atoms with Gasteiger partial charge in [0.1, 0.15) is 11.9 Å². The molecule has 2 N–H and O–H groups in total. The molecule has 4 atom stereocenters. The number of hydrogen-bond acceptors (Lipinski definition) is 4. The first kappa shape index (κ1) is 14.8. The Bertz CT molecular complexity index is 844. The van der Waals surface area contributed by atoms with Gasteiger partial charge in [0.25, 0.3) is 5.56 Å². The summed E-state index contributed by atoms with van der Waals surface area (Å²) in [6.45, 7) is 0. The van der Waals surface area contributed by atoms with E-state index in [1.54, 1.807) is 0 Å². The lowest BCUT2D eigenvalue weighted by molar-refractivity contribution is -0.142. The number of rotatable bonds is 3. The summed E-state index contributed by atoms with van der Waals surface area (Å²) in [5.41, 5.74) is 1.42. The first-order valence-electron chi connectivity index (χ1n) is 7.85. The van der Waals surface area contributed by atoms with Gasteiger partial charge in [0.05, 0.1) is 18.6 Å². The van der Waals surface area contributed by atoms with E-state index >= 15 is 0 Å². The Kier molecular flexibility index (Phi) is 3.33. The van der Waals surface area contributed by atoms with Gasteiger partial charge in [-0.3, -0.25) is 14.6 Å². The lowest BCUT2D eigenvalue weighted by Gasteiger charge is -2.22. The third kappa shape index (κ3) is 2.10. The molecule has 0 saturated heterocycles. The van der Waals surface area contributed by atoms with Crippen LogP contribution in [0.5, 0.6) is 11.6 Å². The number of carboxylic acids is 1. The van der Waals surface area contributed by atoms with Gasteiger partial charge in [0.2, 0.25) is 5.88 Å². The first-order chi connectivity index (χ1) is 11.6. The highest BCUT2D eigenvalue weighted by atomic mass is 16.5. The molecule has 0 bridgehead atoms. The van der Waals surface area contributed by atoms with Crippen LogP contribution in [0.1, 0.15) is 29.4 Å². The van der Waals surface area contributed by atoms with Gasteiger partial charge in [-0.05, 0) is 12.0 Å². The third-order valence-corrected chi connectivity index (χ3v) is 5.04. The second-order valence-corrected chi connectivity index (χ2v) is 6.25. The van der Waals surface area contributed by atoms with Crippen LogP contribution in [0.2, 0.25) is 0 Å². The van der Waals surface area contributed by atoms with Crippen molar-refractivity contribution < 1.29 is 19.4 Å². The molecule has 124 valence electrons. The number of nitrogens with one attached hydrogen (secondary N) is 1. The van der Waals surface area contributed by atoms with Gasteiger partial charge >= 0.3 is 5.97 Å². The molecule has 0 spiro atoms. The fourth-order valence-corrected chi connectivity index (χ4v) is 4.10. The summed E-state index contributed by atoms with van der Waals surface area (Å²) in [4.78, 5) is 26.2. The van der Waals surface area contributed by atoms with Crippen LogP contribution in [0.25, 0.3) is 0 Å². The summed E-state index contributed by atoms with van der Waals surface area (Å²) in [5.74, 6) is -0.879. The molecule has 6 nitrogen and oxygen atoms in total. The monoisotopic (exact) mass is 327 g/mol. The van der Waals surface area contributed by atoms with Crippen LogP contribution in [0.4, 0.5) is 0 Å². The van der Waals surface area contributed by atoms with Gasteiger partial charge in [-0.15, -0.1) is 0 Å². The molecule has 2 aromatic rings. The molecule has 0 amide bonds. The predicted molar refractivity (Wildman–Crippen MR) is 85.7 cm³/mol. The van der Waals surface area contributed by atoms with Crippen molar-refractivity contribution in [3.63, 3.8) is 0 Å². The Labute approximate surface area is 138 Å². The predicted octanol–water partition coefficient (Wildman–Crippen LogP) is 2.12. The van der Waals surface area contributed by atoms with Crippen LogP contribution < -0.4 is 15.0 Å². The number of fused-ring (bicyclic) bond motifs is 3. The normalized spacial score (nSPS) is 27.2. The van der Waals surface area contributed by atoms with E-state index < -0.39 is 11.9 Å². The number of H-pyrrole nitrogens is 1. The maximum absolute atomic E-state index is 11.8. The molecule has 1 saturated carbocycles. The van der Waals surface area contributed by atoms with Gasteiger partial charge in [-0.2, -0.15) is 0 Å². The quantitative estimate of drug-likeness (QED) is 0.901. The molecule has 24 heavy (non-hydrogen) atoms. The molecule has 1 fully saturated rings. The Morgan fingerprint density at radius 1 is 1.33 bits per heavy atom. The van der Waals surface area contributed by atoms with E-state index in [-0.39, 0.29) is 23.5 Å². The van der Waals surface area contributed by atoms with Gasteiger partial charge in [-0.25, -0.2) is 0 Å². The van der Waals surface area contributed by atoms with E-state index in [2.05, 4.69) is 4.98 Å². The molecule has 1 aliphatic heterocycles. The van der Waals surface area contributed by atoms with Crippen molar-refractivity contribution in [3.05, 3.63) is 57.9 Å². The van der Waals surface area contributed by atoms with Crippen molar-refractivity contribution >= 4 is 5.97 Å². The zero-order valence-electron chi connectivity index (χ0n) is 13.1. The van der Waals surface area contributed by atoms with Crippen LogP contribution in [0.3, 0.4) is 0 Å². The molecule has 1 aliphatic carbocycles. The highest BCUT2D eigenvalue weighted by molar-refractivity contribution is 5.73. The van der Waals surface area contributed by atoms with Gasteiger partial charge in [0.15, 0.2) is 0 Å². The van der Waals surface area contributed by atoms with Crippen molar-refractivity contribution in [1.82, 2.24) is 4.98 Å². The summed E-state index contributed by atoms with van der Waals surface area (Å²) in [7, 11) is 1.48. The molecular formula is C18H17NO5. The number of pyridine rings is 1. The van der Waals surface area contributed by atoms with Crippen LogP contribution >= 0.6 is 0 Å². The van der Waals surface area contributed by atoms with Gasteiger partial charge < -0.3 is 14.6 Å². The summed E-state index contributed by atoms with van der Waals surface area (Å²) in [5, 5.41) is 9.67. The van der Waals surface area contributed by atoms with E-state index in [1.165, 1.54) is 13.2 Å². The summed E-state index contributed by atoms with van der Waals surface area (Å²) in [6.07, 6.45) is 0.141. The van der Waals surface area contributed by atoms with Crippen molar-refractivity contribution in [3.8, 4) is 11.6 Å². The largest absolute Gasteiger partial charge is 0.488 e. The zero-order valence-corrected chi connectivity index (χ0v) is 13.1. The smallest absolute Gasteiger partial charge is 0.307 e. The summed E-state index contributed by atoms with van der Waals surface area (Å²) in [6, 6.07) is 11.0. The molecule has 1 aromatic heterocycles. The van der Waals surface area contributed by atoms with Crippen molar-refractivity contribution in [2.75, 3.05) is 7.11 Å². The molecule has 0 radical (unpaired) electrons. The SMILES string of the molecule is COc1[nH]c(=O)cc2c1C1CC(C(=O)O)C(c3ccccc3)C1O2. The van der Waals surface area contributed by atoms with Crippen molar-refractivity contribution in [2.24, 2.45) is 5.92 Å². The van der Waals surface area contributed by atoms with Gasteiger partial charge in [0, 0.05) is 17.9 Å². The number of ether oxygens (including phenoxy) is 2. The average molecular weight is 327 g/mol. The second-order valence-electron chi connectivity index (χ2n) is 6.25. The maximum atomic E-state index is 11.8. The summed E-state index contributed by atoms with van der Waals surface area (Å²) < 4.78 is 11.3. The Morgan fingerprint density at radius 3 is 2.75 bits per heavy atom. The number of carboxylic acid groups (broad SMARTS) is 1. The summed E-state index contributed by atoms with van der Waals surface area (Å²) >= 11 is 0. The van der Waals surface area contributed by atoms with E-state index in [0.717, 1.165) is 11.1 Å².